The van der Waals surface area contributed by atoms with Gasteiger partial charge in [-0.25, -0.2) is 13.2 Å². The predicted octanol–water partition coefficient (Wildman–Crippen LogP) is 3.15. The molecule has 1 nitrogen and oxygen atoms in total. The lowest BCUT2D eigenvalue weighted by Crippen LogP contribution is -2.15. The minimum absolute atomic E-state index is 0.322. The van der Waals surface area contributed by atoms with Crippen LogP contribution in [0.2, 0.25) is 0 Å². The van der Waals surface area contributed by atoms with Crippen molar-refractivity contribution >= 4 is 0 Å². The largest absolute Gasteiger partial charge is 0.320 e. The van der Waals surface area contributed by atoms with Gasteiger partial charge in [-0.05, 0) is 5.56 Å². The van der Waals surface area contributed by atoms with Crippen molar-refractivity contribution in [3.05, 3.63) is 71.0 Å². The van der Waals surface area contributed by atoms with Crippen LogP contribution < -0.4 is 5.73 Å². The van der Waals surface area contributed by atoms with Gasteiger partial charge in [0, 0.05) is 17.7 Å². The lowest BCUT2D eigenvalue weighted by Gasteiger charge is -2.14. The third-order valence-corrected chi connectivity index (χ3v) is 2.51. The van der Waals surface area contributed by atoms with Crippen molar-refractivity contribution in [1.29, 1.82) is 0 Å². The Bertz CT molecular complexity index is 502. The van der Waals surface area contributed by atoms with E-state index >= 15 is 0 Å². The van der Waals surface area contributed by atoms with Crippen LogP contribution in [-0.2, 0) is 0 Å². The number of hydrogen-bond donors (Lipinski definition) is 1. The monoisotopic (exact) mass is 237 g/mol. The molecule has 88 valence electrons. The zero-order valence-corrected chi connectivity index (χ0v) is 8.83. The van der Waals surface area contributed by atoms with Gasteiger partial charge in [-0.2, -0.15) is 0 Å². The van der Waals surface area contributed by atoms with E-state index < -0.39 is 23.5 Å². The molecule has 0 amide bonds. The fourth-order valence-corrected chi connectivity index (χ4v) is 1.68. The van der Waals surface area contributed by atoms with Crippen molar-refractivity contribution in [3.8, 4) is 0 Å². The lowest BCUT2D eigenvalue weighted by atomic mass is 9.98. The van der Waals surface area contributed by atoms with E-state index in [4.69, 9.17) is 5.73 Å². The van der Waals surface area contributed by atoms with Crippen LogP contribution in [0.15, 0.2) is 42.5 Å². The summed E-state index contributed by atoms with van der Waals surface area (Å²) in [5.41, 5.74) is 6.01. The highest BCUT2D eigenvalue weighted by molar-refractivity contribution is 5.33. The second-order valence-corrected chi connectivity index (χ2v) is 3.67. The molecule has 0 aromatic heterocycles. The molecule has 0 aliphatic rings. The molecule has 17 heavy (non-hydrogen) atoms. The van der Waals surface area contributed by atoms with Crippen molar-refractivity contribution in [2.24, 2.45) is 5.73 Å². The molecule has 2 rings (SSSR count). The van der Waals surface area contributed by atoms with Crippen LogP contribution in [0.5, 0.6) is 0 Å². The summed E-state index contributed by atoms with van der Waals surface area (Å²) in [6, 6.07) is 8.83. The Kier molecular flexibility index (Phi) is 3.15. The van der Waals surface area contributed by atoms with Gasteiger partial charge in [0.15, 0.2) is 0 Å². The zero-order chi connectivity index (χ0) is 12.4. The van der Waals surface area contributed by atoms with E-state index in [1.54, 1.807) is 30.3 Å². The second-order valence-electron chi connectivity index (χ2n) is 3.67. The van der Waals surface area contributed by atoms with Crippen LogP contribution in [0.3, 0.4) is 0 Å². The molecule has 4 heteroatoms. The maximum atomic E-state index is 13.5. The van der Waals surface area contributed by atoms with Crippen LogP contribution in [0.4, 0.5) is 13.2 Å². The molecule has 0 bridgehead atoms. The SMILES string of the molecule is NC(c1ccccc1)c1c(F)cc(F)cc1F. The number of hydrogen-bond acceptors (Lipinski definition) is 1. The zero-order valence-electron chi connectivity index (χ0n) is 8.83. The first-order valence-corrected chi connectivity index (χ1v) is 5.04. The van der Waals surface area contributed by atoms with Gasteiger partial charge in [0.1, 0.15) is 17.5 Å². The summed E-state index contributed by atoms with van der Waals surface area (Å²) in [5.74, 6) is -2.90. The van der Waals surface area contributed by atoms with E-state index in [1.807, 2.05) is 0 Å². The molecule has 0 heterocycles. The Morgan fingerprint density at radius 2 is 1.41 bits per heavy atom. The summed E-state index contributed by atoms with van der Waals surface area (Å²) in [7, 11) is 0. The highest BCUT2D eigenvalue weighted by Gasteiger charge is 2.19. The van der Waals surface area contributed by atoms with Crippen molar-refractivity contribution in [2.75, 3.05) is 0 Å². The highest BCUT2D eigenvalue weighted by Crippen LogP contribution is 2.25. The van der Waals surface area contributed by atoms with Crippen molar-refractivity contribution in [1.82, 2.24) is 0 Å². The molecule has 0 fully saturated rings. The van der Waals surface area contributed by atoms with Gasteiger partial charge in [-0.1, -0.05) is 30.3 Å². The molecule has 0 saturated heterocycles. The molecule has 1 atom stereocenters. The summed E-state index contributed by atoms with van der Waals surface area (Å²) < 4.78 is 39.7. The third-order valence-electron chi connectivity index (χ3n) is 2.51. The molecule has 2 aromatic rings. The summed E-state index contributed by atoms with van der Waals surface area (Å²) in [4.78, 5) is 0. The van der Waals surface area contributed by atoms with E-state index in [0.717, 1.165) is 0 Å². The number of rotatable bonds is 2. The van der Waals surface area contributed by atoms with E-state index in [9.17, 15) is 13.2 Å². The van der Waals surface area contributed by atoms with Crippen LogP contribution in [-0.4, -0.2) is 0 Å². The Labute approximate surface area is 96.7 Å². The van der Waals surface area contributed by atoms with Crippen LogP contribution in [0.1, 0.15) is 17.2 Å². The van der Waals surface area contributed by atoms with E-state index in [-0.39, 0.29) is 5.56 Å². The Hall–Kier alpha value is -1.81. The van der Waals surface area contributed by atoms with Gasteiger partial charge in [-0.3, -0.25) is 0 Å². The first-order valence-electron chi connectivity index (χ1n) is 5.04. The summed E-state index contributed by atoms with van der Waals surface area (Å²) in [5, 5.41) is 0. The van der Waals surface area contributed by atoms with Crippen molar-refractivity contribution in [2.45, 2.75) is 6.04 Å². The normalized spacial score (nSPS) is 12.5. The van der Waals surface area contributed by atoms with Crippen LogP contribution in [0, 0.1) is 17.5 Å². The second kappa shape index (κ2) is 4.59. The van der Waals surface area contributed by atoms with Crippen molar-refractivity contribution in [3.63, 3.8) is 0 Å². The minimum Gasteiger partial charge on any atom is -0.320 e. The summed E-state index contributed by atoms with van der Waals surface area (Å²) in [6.45, 7) is 0. The van der Waals surface area contributed by atoms with Gasteiger partial charge in [-0.15, -0.1) is 0 Å². The average Bonchev–Trinajstić information content (AvgIpc) is 2.28. The standard InChI is InChI=1S/C13H10F3N/c14-9-6-10(15)12(11(16)7-9)13(17)8-4-2-1-3-5-8/h1-7,13H,17H2. The minimum atomic E-state index is -0.973. The predicted molar refractivity (Wildman–Crippen MR) is 58.8 cm³/mol. The fourth-order valence-electron chi connectivity index (χ4n) is 1.68. The van der Waals surface area contributed by atoms with Crippen LogP contribution >= 0.6 is 0 Å². The first kappa shape index (κ1) is 11.7. The summed E-state index contributed by atoms with van der Waals surface area (Å²) in [6.07, 6.45) is 0. The van der Waals surface area contributed by atoms with Crippen molar-refractivity contribution < 1.29 is 13.2 Å². The lowest BCUT2D eigenvalue weighted by molar-refractivity contribution is 0.515. The molecule has 0 radical (unpaired) electrons. The average molecular weight is 237 g/mol. The summed E-state index contributed by atoms with van der Waals surface area (Å²) >= 11 is 0. The number of halogens is 3. The van der Waals surface area contributed by atoms with E-state index in [0.29, 0.717) is 17.7 Å². The topological polar surface area (TPSA) is 26.0 Å². The molecular formula is C13H10F3N. The number of benzene rings is 2. The van der Waals surface area contributed by atoms with Gasteiger partial charge >= 0.3 is 0 Å². The number of nitrogens with two attached hydrogens (primary N) is 1. The molecular weight excluding hydrogens is 227 g/mol. The Morgan fingerprint density at radius 3 is 1.94 bits per heavy atom. The molecule has 1 unspecified atom stereocenters. The molecule has 2 N–H and O–H groups in total. The van der Waals surface area contributed by atoms with Gasteiger partial charge in [0.25, 0.3) is 0 Å². The van der Waals surface area contributed by atoms with Gasteiger partial charge in [0.2, 0.25) is 0 Å². The molecule has 0 spiro atoms. The van der Waals surface area contributed by atoms with Gasteiger partial charge in [0.05, 0.1) is 6.04 Å². The molecule has 2 aromatic carbocycles. The quantitative estimate of drug-likeness (QED) is 0.853. The maximum absolute atomic E-state index is 13.5. The maximum Gasteiger partial charge on any atom is 0.134 e. The van der Waals surface area contributed by atoms with Crippen LogP contribution in [0.25, 0.3) is 0 Å². The first-order chi connectivity index (χ1) is 8.09. The Morgan fingerprint density at radius 1 is 0.882 bits per heavy atom. The Balaban J connectivity index is 2.48. The fraction of sp³-hybridized carbons (Fsp3) is 0.0769. The van der Waals surface area contributed by atoms with E-state index in [1.165, 1.54) is 0 Å². The highest BCUT2D eigenvalue weighted by atomic mass is 19.1. The molecule has 0 saturated carbocycles. The third kappa shape index (κ3) is 2.31. The van der Waals surface area contributed by atoms with E-state index in [2.05, 4.69) is 0 Å². The smallest absolute Gasteiger partial charge is 0.134 e. The van der Waals surface area contributed by atoms with Gasteiger partial charge < -0.3 is 5.73 Å². The molecule has 0 aliphatic heterocycles. The molecule has 0 aliphatic carbocycles.